The van der Waals surface area contributed by atoms with Crippen LogP contribution in [-0.2, 0) is 20.1 Å². The van der Waals surface area contributed by atoms with Crippen molar-refractivity contribution in [2.24, 2.45) is 12.0 Å². The van der Waals surface area contributed by atoms with E-state index in [0.29, 0.717) is 23.5 Å². The SMILES string of the molecule is CN=C(NCc1ccc(Br)c(F)c1)N(C)Cc1ncnn1C. The summed E-state index contributed by atoms with van der Waals surface area (Å²) in [7, 11) is 5.46. The molecule has 0 spiro atoms. The molecule has 2 rings (SSSR count). The highest BCUT2D eigenvalue weighted by Gasteiger charge is 2.10. The summed E-state index contributed by atoms with van der Waals surface area (Å²) in [6.07, 6.45) is 1.52. The molecule has 0 saturated carbocycles. The topological polar surface area (TPSA) is 58.3 Å². The molecule has 118 valence electrons. The number of guanidine groups is 1. The quantitative estimate of drug-likeness (QED) is 0.661. The van der Waals surface area contributed by atoms with E-state index in [1.165, 1.54) is 12.4 Å². The second kappa shape index (κ2) is 7.35. The molecule has 0 saturated heterocycles. The molecule has 0 radical (unpaired) electrons. The fourth-order valence-electron chi connectivity index (χ4n) is 1.97. The Morgan fingerprint density at radius 3 is 2.86 bits per heavy atom. The third-order valence-corrected chi connectivity index (χ3v) is 3.83. The lowest BCUT2D eigenvalue weighted by atomic mass is 10.2. The van der Waals surface area contributed by atoms with Gasteiger partial charge in [0.25, 0.3) is 0 Å². The third-order valence-electron chi connectivity index (χ3n) is 3.19. The van der Waals surface area contributed by atoms with Crippen LogP contribution < -0.4 is 5.32 Å². The molecule has 0 aliphatic heterocycles. The molecule has 0 bridgehead atoms. The van der Waals surface area contributed by atoms with Crippen LogP contribution in [0.3, 0.4) is 0 Å². The first kappa shape index (κ1) is 16.4. The monoisotopic (exact) mass is 368 g/mol. The van der Waals surface area contributed by atoms with Crippen molar-refractivity contribution in [1.82, 2.24) is 25.0 Å². The van der Waals surface area contributed by atoms with Crippen LogP contribution in [0.2, 0.25) is 0 Å². The van der Waals surface area contributed by atoms with E-state index in [9.17, 15) is 4.39 Å². The predicted octanol–water partition coefficient (Wildman–Crippen LogP) is 1.92. The van der Waals surface area contributed by atoms with Crippen molar-refractivity contribution in [1.29, 1.82) is 0 Å². The van der Waals surface area contributed by atoms with Crippen LogP contribution in [-0.4, -0.2) is 39.7 Å². The maximum Gasteiger partial charge on any atom is 0.194 e. The highest BCUT2D eigenvalue weighted by molar-refractivity contribution is 9.10. The smallest absolute Gasteiger partial charge is 0.194 e. The van der Waals surface area contributed by atoms with Gasteiger partial charge in [-0.15, -0.1) is 0 Å². The standard InChI is InChI=1S/C14H18BrFN6/c1-17-14(21(2)8-13-19-9-20-22(13)3)18-7-10-4-5-11(15)12(16)6-10/h4-6,9H,7-8H2,1-3H3,(H,17,18). The number of benzene rings is 1. The number of aliphatic imine (C=N–C) groups is 1. The van der Waals surface area contributed by atoms with Crippen molar-refractivity contribution in [2.75, 3.05) is 14.1 Å². The van der Waals surface area contributed by atoms with Crippen LogP contribution in [0.15, 0.2) is 34.0 Å². The average molecular weight is 369 g/mol. The second-order valence-corrected chi connectivity index (χ2v) is 5.66. The molecule has 1 aromatic carbocycles. The van der Waals surface area contributed by atoms with Crippen molar-refractivity contribution in [3.05, 3.63) is 46.2 Å². The summed E-state index contributed by atoms with van der Waals surface area (Å²) >= 11 is 3.14. The van der Waals surface area contributed by atoms with Gasteiger partial charge in [-0.2, -0.15) is 5.10 Å². The summed E-state index contributed by atoms with van der Waals surface area (Å²) in [6, 6.07) is 5.04. The molecule has 0 aliphatic carbocycles. The Morgan fingerprint density at radius 2 is 2.27 bits per heavy atom. The molecule has 8 heteroatoms. The molecule has 22 heavy (non-hydrogen) atoms. The zero-order valence-corrected chi connectivity index (χ0v) is 14.3. The fraction of sp³-hybridized carbons (Fsp3) is 0.357. The Bertz CT molecular complexity index is 669. The van der Waals surface area contributed by atoms with Crippen molar-refractivity contribution >= 4 is 21.9 Å². The molecule has 0 unspecified atom stereocenters. The Kier molecular flexibility index (Phi) is 5.48. The van der Waals surface area contributed by atoms with E-state index < -0.39 is 0 Å². The summed E-state index contributed by atoms with van der Waals surface area (Å²) in [6.45, 7) is 1.06. The van der Waals surface area contributed by atoms with E-state index in [-0.39, 0.29) is 5.82 Å². The van der Waals surface area contributed by atoms with Gasteiger partial charge < -0.3 is 10.2 Å². The van der Waals surface area contributed by atoms with Gasteiger partial charge in [0.05, 0.1) is 11.0 Å². The summed E-state index contributed by atoms with van der Waals surface area (Å²) in [4.78, 5) is 10.3. The molecule has 0 amide bonds. The van der Waals surface area contributed by atoms with Gasteiger partial charge in [-0.25, -0.2) is 9.37 Å². The number of aromatic nitrogens is 3. The molecule has 6 nitrogen and oxygen atoms in total. The normalized spacial score (nSPS) is 11.6. The fourth-order valence-corrected chi connectivity index (χ4v) is 2.21. The minimum absolute atomic E-state index is 0.276. The van der Waals surface area contributed by atoms with Crippen LogP contribution in [0.25, 0.3) is 0 Å². The second-order valence-electron chi connectivity index (χ2n) is 4.81. The first-order chi connectivity index (χ1) is 10.5. The first-order valence-electron chi connectivity index (χ1n) is 6.70. The Balaban J connectivity index is 1.97. The number of hydrogen-bond donors (Lipinski definition) is 1. The van der Waals surface area contributed by atoms with E-state index in [2.05, 4.69) is 36.3 Å². The number of nitrogens with zero attached hydrogens (tertiary/aromatic N) is 5. The Labute approximate surface area is 137 Å². The molecule has 1 heterocycles. The van der Waals surface area contributed by atoms with Crippen molar-refractivity contribution in [3.63, 3.8) is 0 Å². The lowest BCUT2D eigenvalue weighted by molar-refractivity contribution is 0.448. The van der Waals surface area contributed by atoms with Crippen molar-refractivity contribution < 1.29 is 4.39 Å². The van der Waals surface area contributed by atoms with Gasteiger partial charge in [0.2, 0.25) is 0 Å². The number of aryl methyl sites for hydroxylation is 1. The zero-order chi connectivity index (χ0) is 16.1. The molecule has 0 aliphatic rings. The lowest BCUT2D eigenvalue weighted by Crippen LogP contribution is -2.38. The maximum absolute atomic E-state index is 13.5. The largest absolute Gasteiger partial charge is 0.352 e. The highest BCUT2D eigenvalue weighted by atomic mass is 79.9. The molecule has 1 N–H and O–H groups in total. The molecule has 2 aromatic rings. The summed E-state index contributed by atoms with van der Waals surface area (Å²) in [5.41, 5.74) is 0.842. The minimum atomic E-state index is -0.276. The van der Waals surface area contributed by atoms with E-state index in [1.54, 1.807) is 17.8 Å². The van der Waals surface area contributed by atoms with Gasteiger partial charge >= 0.3 is 0 Å². The molecular formula is C14H18BrFN6. The van der Waals surface area contributed by atoms with E-state index in [1.807, 2.05) is 25.1 Å². The van der Waals surface area contributed by atoms with Crippen LogP contribution >= 0.6 is 15.9 Å². The lowest BCUT2D eigenvalue weighted by Gasteiger charge is -2.21. The summed E-state index contributed by atoms with van der Waals surface area (Å²) in [5, 5.41) is 7.24. The zero-order valence-electron chi connectivity index (χ0n) is 12.7. The molecule has 1 aromatic heterocycles. The van der Waals surface area contributed by atoms with Gasteiger partial charge in [0.15, 0.2) is 5.96 Å². The summed E-state index contributed by atoms with van der Waals surface area (Å²) < 4.78 is 15.7. The minimum Gasteiger partial charge on any atom is -0.352 e. The Morgan fingerprint density at radius 1 is 1.50 bits per heavy atom. The number of rotatable bonds is 4. The molecular weight excluding hydrogens is 351 g/mol. The van der Waals surface area contributed by atoms with Gasteiger partial charge in [-0.3, -0.25) is 9.67 Å². The molecule has 0 fully saturated rings. The molecule has 0 atom stereocenters. The van der Waals surface area contributed by atoms with Gasteiger partial charge in [-0.1, -0.05) is 6.07 Å². The van der Waals surface area contributed by atoms with E-state index in [4.69, 9.17) is 0 Å². The van der Waals surface area contributed by atoms with Crippen LogP contribution in [0.1, 0.15) is 11.4 Å². The number of hydrogen-bond acceptors (Lipinski definition) is 3. The number of nitrogens with one attached hydrogen (secondary N) is 1. The van der Waals surface area contributed by atoms with E-state index in [0.717, 1.165) is 11.4 Å². The van der Waals surface area contributed by atoms with Crippen molar-refractivity contribution in [3.8, 4) is 0 Å². The van der Waals surface area contributed by atoms with E-state index >= 15 is 0 Å². The third kappa shape index (κ3) is 4.03. The van der Waals surface area contributed by atoms with Gasteiger partial charge in [0, 0.05) is 27.7 Å². The van der Waals surface area contributed by atoms with Crippen LogP contribution in [0, 0.1) is 5.82 Å². The van der Waals surface area contributed by atoms with Gasteiger partial charge in [0.1, 0.15) is 18.0 Å². The van der Waals surface area contributed by atoms with Crippen LogP contribution in [0.5, 0.6) is 0 Å². The van der Waals surface area contributed by atoms with Gasteiger partial charge in [-0.05, 0) is 33.6 Å². The van der Waals surface area contributed by atoms with Crippen LogP contribution in [0.4, 0.5) is 4.39 Å². The Hall–Kier alpha value is -1.96. The first-order valence-corrected chi connectivity index (χ1v) is 7.49. The highest BCUT2D eigenvalue weighted by Crippen LogP contribution is 2.16. The maximum atomic E-state index is 13.5. The number of halogens is 2. The predicted molar refractivity (Wildman–Crippen MR) is 86.8 cm³/mol. The average Bonchev–Trinajstić information content (AvgIpc) is 2.88. The van der Waals surface area contributed by atoms with Crippen molar-refractivity contribution in [2.45, 2.75) is 13.1 Å². The summed E-state index contributed by atoms with van der Waals surface area (Å²) in [5.74, 6) is 1.26.